The number of hydrogen-bond donors (Lipinski definition) is 1. The quantitative estimate of drug-likeness (QED) is 0.528. The maximum atomic E-state index is 11.4. The van der Waals surface area contributed by atoms with Crippen molar-refractivity contribution in [1.29, 1.82) is 0 Å². The lowest BCUT2D eigenvalue weighted by atomic mass is 10.1. The fourth-order valence-corrected chi connectivity index (χ4v) is 1.27. The van der Waals surface area contributed by atoms with Crippen molar-refractivity contribution in [3.63, 3.8) is 0 Å². The molecule has 4 heteroatoms. The van der Waals surface area contributed by atoms with Crippen LogP contribution in [0.5, 0.6) is 0 Å². The van der Waals surface area contributed by atoms with Gasteiger partial charge >= 0.3 is 5.97 Å². The van der Waals surface area contributed by atoms with Crippen LogP contribution in [0, 0.1) is 0 Å². The summed E-state index contributed by atoms with van der Waals surface area (Å²) in [5.41, 5.74) is 0.0747. The average molecular weight is 230 g/mol. The molecule has 0 aromatic heterocycles. The zero-order valence-electron chi connectivity index (χ0n) is 11.3. The maximum absolute atomic E-state index is 11.4. The number of likely N-dealkylation sites (N-methyl/N-ethyl adjacent to an activating group) is 1. The minimum Gasteiger partial charge on any atom is -0.463 e. The van der Waals surface area contributed by atoms with Gasteiger partial charge in [-0.15, -0.1) is 0 Å². The monoisotopic (exact) mass is 230 g/mol. The first-order chi connectivity index (χ1) is 7.39. The van der Waals surface area contributed by atoms with Gasteiger partial charge in [0.15, 0.2) is 0 Å². The van der Waals surface area contributed by atoms with E-state index >= 15 is 0 Å². The highest BCUT2D eigenvalue weighted by Gasteiger charge is 2.10. The summed E-state index contributed by atoms with van der Waals surface area (Å²) in [7, 11) is 0. The first-order valence-corrected chi connectivity index (χ1v) is 6.02. The molecule has 0 aliphatic carbocycles. The molecule has 0 radical (unpaired) electrons. The van der Waals surface area contributed by atoms with Gasteiger partial charge in [-0.1, -0.05) is 13.8 Å². The third-order valence-corrected chi connectivity index (χ3v) is 2.27. The zero-order chi connectivity index (χ0) is 12.6. The van der Waals surface area contributed by atoms with E-state index in [9.17, 15) is 4.79 Å². The number of hydrogen-bond acceptors (Lipinski definition) is 4. The van der Waals surface area contributed by atoms with Crippen molar-refractivity contribution in [1.82, 2.24) is 10.2 Å². The van der Waals surface area contributed by atoms with Crippen LogP contribution in [0.1, 0.15) is 34.6 Å². The molecule has 0 heterocycles. The summed E-state index contributed by atoms with van der Waals surface area (Å²) >= 11 is 0. The third kappa shape index (κ3) is 8.68. The zero-order valence-corrected chi connectivity index (χ0v) is 11.3. The van der Waals surface area contributed by atoms with E-state index in [-0.39, 0.29) is 11.5 Å². The molecule has 0 saturated carbocycles. The first kappa shape index (κ1) is 15.4. The van der Waals surface area contributed by atoms with Crippen LogP contribution in [0.3, 0.4) is 0 Å². The Bertz CT molecular complexity index is 196. The highest BCUT2D eigenvalue weighted by Crippen LogP contribution is 1.97. The molecule has 0 rings (SSSR count). The molecule has 0 amide bonds. The van der Waals surface area contributed by atoms with Crippen LogP contribution in [0.2, 0.25) is 0 Å². The summed E-state index contributed by atoms with van der Waals surface area (Å²) < 4.78 is 5.13. The second-order valence-electron chi connectivity index (χ2n) is 4.86. The molecule has 0 unspecified atom stereocenters. The topological polar surface area (TPSA) is 41.6 Å². The van der Waals surface area contributed by atoms with Gasteiger partial charge in [-0.25, -0.2) is 0 Å². The molecule has 96 valence electrons. The van der Waals surface area contributed by atoms with E-state index in [0.717, 1.165) is 13.1 Å². The molecule has 0 bridgehead atoms. The number of esters is 1. The lowest BCUT2D eigenvalue weighted by Gasteiger charge is -2.21. The van der Waals surface area contributed by atoms with Crippen LogP contribution in [0.4, 0.5) is 0 Å². The van der Waals surface area contributed by atoms with Gasteiger partial charge in [0.2, 0.25) is 0 Å². The summed E-state index contributed by atoms with van der Waals surface area (Å²) in [5, 5.41) is 3.27. The van der Waals surface area contributed by atoms with Gasteiger partial charge in [-0.2, -0.15) is 0 Å². The number of carbonyl (C=O) groups excluding carboxylic acids is 1. The van der Waals surface area contributed by atoms with E-state index in [4.69, 9.17) is 4.74 Å². The van der Waals surface area contributed by atoms with Gasteiger partial charge in [-0.05, 0) is 33.9 Å². The van der Waals surface area contributed by atoms with Gasteiger partial charge < -0.3 is 10.1 Å². The predicted octanol–water partition coefficient (Wildman–Crippen LogP) is 1.26. The summed E-state index contributed by atoms with van der Waals surface area (Å²) in [6, 6.07) is 0. The second kappa shape index (κ2) is 7.63. The fraction of sp³-hybridized carbons (Fsp3) is 0.917. The van der Waals surface area contributed by atoms with Gasteiger partial charge in [0, 0.05) is 12.1 Å². The number of nitrogens with zero attached hydrogens (tertiary/aromatic N) is 1. The Labute approximate surface area is 99.3 Å². The Morgan fingerprint density at radius 3 is 2.25 bits per heavy atom. The number of nitrogens with one attached hydrogen (secondary N) is 1. The molecule has 0 aromatic carbocycles. The first-order valence-electron chi connectivity index (χ1n) is 6.02. The van der Waals surface area contributed by atoms with Crippen LogP contribution >= 0.6 is 0 Å². The molecule has 0 spiro atoms. The van der Waals surface area contributed by atoms with Crippen molar-refractivity contribution in [2.75, 3.05) is 32.8 Å². The Morgan fingerprint density at radius 2 is 1.81 bits per heavy atom. The molecule has 0 saturated heterocycles. The second-order valence-corrected chi connectivity index (χ2v) is 4.86. The maximum Gasteiger partial charge on any atom is 0.320 e. The minimum absolute atomic E-state index is 0.0747. The third-order valence-electron chi connectivity index (χ3n) is 2.27. The summed E-state index contributed by atoms with van der Waals surface area (Å²) in [4.78, 5) is 13.4. The van der Waals surface area contributed by atoms with Crippen molar-refractivity contribution in [2.24, 2.45) is 0 Å². The lowest BCUT2D eigenvalue weighted by Crippen LogP contribution is -2.39. The molecular weight excluding hydrogens is 204 g/mol. The summed E-state index contributed by atoms with van der Waals surface area (Å²) in [5.74, 6) is -0.139. The van der Waals surface area contributed by atoms with Crippen molar-refractivity contribution in [3.8, 4) is 0 Å². The fourth-order valence-electron chi connectivity index (χ4n) is 1.27. The van der Waals surface area contributed by atoms with Gasteiger partial charge in [0.05, 0.1) is 6.54 Å². The highest BCUT2D eigenvalue weighted by molar-refractivity contribution is 5.71. The average Bonchev–Trinajstić information content (AvgIpc) is 2.19. The standard InChI is InChI=1S/C12H26N2O2/c1-6-14(7-2)10-11(15)16-9-8-13-12(3,4)5/h13H,6-10H2,1-5H3. The van der Waals surface area contributed by atoms with Crippen LogP contribution in [-0.4, -0.2) is 49.2 Å². The van der Waals surface area contributed by atoms with E-state index in [1.54, 1.807) is 0 Å². The number of carbonyl (C=O) groups is 1. The van der Waals surface area contributed by atoms with E-state index < -0.39 is 0 Å². The largest absolute Gasteiger partial charge is 0.463 e. The van der Waals surface area contributed by atoms with E-state index in [0.29, 0.717) is 19.7 Å². The molecular formula is C12H26N2O2. The van der Waals surface area contributed by atoms with Crippen molar-refractivity contribution >= 4 is 5.97 Å². The molecule has 16 heavy (non-hydrogen) atoms. The van der Waals surface area contributed by atoms with E-state index in [1.165, 1.54) is 0 Å². The Kier molecular flexibility index (Phi) is 7.34. The van der Waals surface area contributed by atoms with Crippen LogP contribution in [0.15, 0.2) is 0 Å². The van der Waals surface area contributed by atoms with Crippen LogP contribution in [0.25, 0.3) is 0 Å². The molecule has 4 nitrogen and oxygen atoms in total. The van der Waals surface area contributed by atoms with Gasteiger partial charge in [0.25, 0.3) is 0 Å². The van der Waals surface area contributed by atoms with E-state index in [2.05, 4.69) is 26.1 Å². The summed E-state index contributed by atoms with van der Waals surface area (Å²) in [6.07, 6.45) is 0. The van der Waals surface area contributed by atoms with Crippen molar-refractivity contribution < 1.29 is 9.53 Å². The van der Waals surface area contributed by atoms with Crippen LogP contribution < -0.4 is 5.32 Å². The predicted molar refractivity (Wildman–Crippen MR) is 66.5 cm³/mol. The number of rotatable bonds is 7. The summed E-state index contributed by atoms with van der Waals surface area (Å²) in [6.45, 7) is 13.6. The lowest BCUT2D eigenvalue weighted by molar-refractivity contribution is -0.144. The Balaban J connectivity index is 3.58. The SMILES string of the molecule is CCN(CC)CC(=O)OCCNC(C)(C)C. The Hall–Kier alpha value is -0.610. The molecule has 0 aliphatic heterocycles. The Morgan fingerprint density at radius 1 is 1.25 bits per heavy atom. The smallest absolute Gasteiger partial charge is 0.320 e. The van der Waals surface area contributed by atoms with Crippen molar-refractivity contribution in [2.45, 2.75) is 40.2 Å². The minimum atomic E-state index is -0.139. The molecule has 1 N–H and O–H groups in total. The highest BCUT2D eigenvalue weighted by atomic mass is 16.5. The molecule has 0 aromatic rings. The molecule has 0 atom stereocenters. The number of ether oxygens (including phenoxy) is 1. The molecule has 0 fully saturated rings. The van der Waals surface area contributed by atoms with Gasteiger partial charge in [0.1, 0.15) is 6.61 Å². The van der Waals surface area contributed by atoms with Crippen LogP contribution in [-0.2, 0) is 9.53 Å². The molecule has 0 aliphatic rings. The normalized spacial score (nSPS) is 11.9. The van der Waals surface area contributed by atoms with E-state index in [1.807, 2.05) is 18.7 Å². The van der Waals surface area contributed by atoms with Crippen molar-refractivity contribution in [3.05, 3.63) is 0 Å². The van der Waals surface area contributed by atoms with Gasteiger partial charge in [-0.3, -0.25) is 9.69 Å².